The first kappa shape index (κ1) is 15.0. The second-order valence-electron chi connectivity index (χ2n) is 4.31. The lowest BCUT2D eigenvalue weighted by Gasteiger charge is -2.09. The predicted octanol–water partition coefficient (Wildman–Crippen LogP) is 4.80. The van der Waals surface area contributed by atoms with Gasteiger partial charge < -0.3 is 4.74 Å². The van der Waals surface area contributed by atoms with Crippen molar-refractivity contribution in [1.82, 2.24) is 0 Å². The summed E-state index contributed by atoms with van der Waals surface area (Å²) in [6.07, 6.45) is 0.129. The Bertz CT molecular complexity index is 347. The third kappa shape index (κ3) is 5.54. The lowest BCUT2D eigenvalue weighted by molar-refractivity contribution is -0.137. The topological polar surface area (TPSA) is 9.23 Å². The Morgan fingerprint density at radius 3 is 2.56 bits per heavy atom. The Kier molecular flexibility index (Phi) is 6.19. The van der Waals surface area contributed by atoms with Crippen molar-refractivity contribution in [2.24, 2.45) is 0 Å². The third-order valence-electron chi connectivity index (χ3n) is 2.67. The van der Waals surface area contributed by atoms with E-state index in [1.807, 2.05) is 0 Å². The Balaban J connectivity index is 2.34. The van der Waals surface area contributed by atoms with E-state index in [2.05, 4.69) is 6.92 Å². The van der Waals surface area contributed by atoms with Crippen LogP contribution in [0.3, 0.4) is 0 Å². The van der Waals surface area contributed by atoms with Gasteiger partial charge >= 0.3 is 6.18 Å². The van der Waals surface area contributed by atoms with Crippen molar-refractivity contribution >= 4 is 0 Å². The summed E-state index contributed by atoms with van der Waals surface area (Å²) in [7, 11) is 0. The van der Waals surface area contributed by atoms with Crippen LogP contribution in [0.2, 0.25) is 0 Å². The Labute approximate surface area is 106 Å². The van der Waals surface area contributed by atoms with Crippen LogP contribution in [0.5, 0.6) is 0 Å². The molecule has 1 rings (SSSR count). The molecule has 0 N–H and O–H groups in total. The van der Waals surface area contributed by atoms with Gasteiger partial charge in [0.05, 0.1) is 12.2 Å². The largest absolute Gasteiger partial charge is 0.416 e. The molecule has 0 aromatic heterocycles. The molecule has 0 aliphatic heterocycles. The average molecular weight is 260 g/mol. The second-order valence-corrected chi connectivity index (χ2v) is 4.31. The first-order valence-corrected chi connectivity index (χ1v) is 6.28. The van der Waals surface area contributed by atoms with Crippen molar-refractivity contribution in [2.75, 3.05) is 6.61 Å². The van der Waals surface area contributed by atoms with Crippen LogP contribution in [0.15, 0.2) is 24.3 Å². The second kappa shape index (κ2) is 7.41. The van der Waals surface area contributed by atoms with Gasteiger partial charge in [0.25, 0.3) is 0 Å². The van der Waals surface area contributed by atoms with Gasteiger partial charge in [-0.25, -0.2) is 0 Å². The Morgan fingerprint density at radius 2 is 1.89 bits per heavy atom. The van der Waals surface area contributed by atoms with Crippen molar-refractivity contribution in [1.29, 1.82) is 0 Å². The highest BCUT2D eigenvalue weighted by Gasteiger charge is 2.30. The fourth-order valence-corrected chi connectivity index (χ4v) is 1.66. The van der Waals surface area contributed by atoms with Crippen molar-refractivity contribution in [3.05, 3.63) is 35.4 Å². The molecule has 0 amide bonds. The van der Waals surface area contributed by atoms with Gasteiger partial charge in [0.2, 0.25) is 0 Å². The molecule has 0 saturated carbocycles. The minimum atomic E-state index is -4.28. The molecule has 0 unspecified atom stereocenters. The average Bonchev–Trinajstić information content (AvgIpc) is 2.33. The van der Waals surface area contributed by atoms with E-state index in [0.29, 0.717) is 12.2 Å². The van der Waals surface area contributed by atoms with Crippen LogP contribution in [0, 0.1) is 0 Å². The van der Waals surface area contributed by atoms with Crippen molar-refractivity contribution < 1.29 is 17.9 Å². The van der Waals surface area contributed by atoms with Gasteiger partial charge in [0.1, 0.15) is 0 Å². The van der Waals surface area contributed by atoms with E-state index in [0.717, 1.165) is 31.4 Å². The SMILES string of the molecule is CCCCCCOCc1cccc(C(F)(F)F)c1. The van der Waals surface area contributed by atoms with E-state index in [1.54, 1.807) is 6.07 Å². The van der Waals surface area contributed by atoms with Crippen LogP contribution < -0.4 is 0 Å². The maximum atomic E-state index is 12.5. The van der Waals surface area contributed by atoms with Gasteiger partial charge in [0.15, 0.2) is 0 Å². The Morgan fingerprint density at radius 1 is 1.11 bits per heavy atom. The molecule has 0 fully saturated rings. The number of rotatable bonds is 7. The van der Waals surface area contributed by atoms with Gasteiger partial charge in [-0.3, -0.25) is 0 Å². The van der Waals surface area contributed by atoms with E-state index in [1.165, 1.54) is 12.5 Å². The fraction of sp³-hybridized carbons (Fsp3) is 0.571. The first-order chi connectivity index (χ1) is 8.54. The van der Waals surface area contributed by atoms with Gasteiger partial charge in [-0.15, -0.1) is 0 Å². The van der Waals surface area contributed by atoms with E-state index < -0.39 is 11.7 Å². The van der Waals surface area contributed by atoms with Crippen molar-refractivity contribution in [3.8, 4) is 0 Å². The van der Waals surface area contributed by atoms with E-state index >= 15 is 0 Å². The molecule has 1 aromatic rings. The fourth-order valence-electron chi connectivity index (χ4n) is 1.66. The highest BCUT2D eigenvalue weighted by molar-refractivity contribution is 5.25. The molecule has 1 nitrogen and oxygen atoms in total. The van der Waals surface area contributed by atoms with Crippen molar-refractivity contribution in [3.63, 3.8) is 0 Å². The van der Waals surface area contributed by atoms with Crippen LogP contribution in [-0.4, -0.2) is 6.61 Å². The minimum absolute atomic E-state index is 0.246. The van der Waals surface area contributed by atoms with Gasteiger partial charge in [-0.05, 0) is 24.1 Å². The molecule has 0 atom stereocenters. The number of hydrogen-bond acceptors (Lipinski definition) is 1. The Hall–Kier alpha value is -1.03. The molecule has 0 radical (unpaired) electrons. The monoisotopic (exact) mass is 260 g/mol. The molecule has 0 aliphatic rings. The molecule has 18 heavy (non-hydrogen) atoms. The molecule has 0 saturated heterocycles. The number of hydrogen-bond donors (Lipinski definition) is 0. The maximum Gasteiger partial charge on any atom is 0.416 e. The molecule has 0 spiro atoms. The van der Waals surface area contributed by atoms with E-state index in [9.17, 15) is 13.2 Å². The van der Waals surface area contributed by atoms with Crippen LogP contribution in [0.25, 0.3) is 0 Å². The number of halogens is 3. The molecule has 0 heterocycles. The van der Waals surface area contributed by atoms with Gasteiger partial charge in [-0.1, -0.05) is 38.3 Å². The number of unbranched alkanes of at least 4 members (excludes halogenated alkanes) is 3. The normalized spacial score (nSPS) is 11.8. The quantitative estimate of drug-likeness (QED) is 0.640. The first-order valence-electron chi connectivity index (χ1n) is 6.28. The molecule has 0 bridgehead atoms. The number of benzene rings is 1. The summed E-state index contributed by atoms with van der Waals surface area (Å²) < 4.78 is 42.7. The lowest BCUT2D eigenvalue weighted by atomic mass is 10.1. The molecular weight excluding hydrogens is 241 g/mol. The number of alkyl halides is 3. The lowest BCUT2D eigenvalue weighted by Crippen LogP contribution is -2.05. The van der Waals surface area contributed by atoms with Gasteiger partial charge in [0, 0.05) is 6.61 Å². The molecular formula is C14H19F3O. The number of ether oxygens (including phenoxy) is 1. The van der Waals surface area contributed by atoms with Crippen molar-refractivity contribution in [2.45, 2.75) is 45.4 Å². The summed E-state index contributed by atoms with van der Waals surface area (Å²) >= 11 is 0. The van der Waals surface area contributed by atoms with E-state index in [4.69, 9.17) is 4.74 Å². The molecule has 1 aromatic carbocycles. The van der Waals surface area contributed by atoms with Crippen LogP contribution in [0.1, 0.15) is 43.7 Å². The van der Waals surface area contributed by atoms with Crippen LogP contribution in [0.4, 0.5) is 13.2 Å². The third-order valence-corrected chi connectivity index (χ3v) is 2.67. The molecule has 0 aliphatic carbocycles. The predicted molar refractivity (Wildman–Crippen MR) is 65.2 cm³/mol. The summed E-state index contributed by atoms with van der Waals surface area (Å²) in [4.78, 5) is 0. The summed E-state index contributed by atoms with van der Waals surface area (Å²) in [6.45, 7) is 2.98. The summed E-state index contributed by atoms with van der Waals surface area (Å²) in [5.41, 5.74) is -0.0464. The highest BCUT2D eigenvalue weighted by atomic mass is 19.4. The molecule has 4 heteroatoms. The standard InChI is InChI=1S/C14H19F3O/c1-2-3-4-5-9-18-11-12-7-6-8-13(10-12)14(15,16)17/h6-8,10H,2-5,9,11H2,1H3. The minimum Gasteiger partial charge on any atom is -0.377 e. The highest BCUT2D eigenvalue weighted by Crippen LogP contribution is 2.29. The van der Waals surface area contributed by atoms with Gasteiger partial charge in [-0.2, -0.15) is 13.2 Å². The summed E-state index contributed by atoms with van der Waals surface area (Å²) in [5, 5.41) is 0. The maximum absolute atomic E-state index is 12.5. The summed E-state index contributed by atoms with van der Waals surface area (Å²) in [5.74, 6) is 0. The summed E-state index contributed by atoms with van der Waals surface area (Å²) in [6, 6.07) is 5.29. The van der Waals surface area contributed by atoms with Crippen LogP contribution >= 0.6 is 0 Å². The van der Waals surface area contributed by atoms with E-state index in [-0.39, 0.29) is 6.61 Å². The zero-order valence-electron chi connectivity index (χ0n) is 10.6. The zero-order chi connectivity index (χ0) is 13.4. The molecule has 102 valence electrons. The zero-order valence-corrected chi connectivity index (χ0v) is 10.6. The smallest absolute Gasteiger partial charge is 0.377 e. The van der Waals surface area contributed by atoms with Crippen LogP contribution in [-0.2, 0) is 17.5 Å².